The summed E-state index contributed by atoms with van der Waals surface area (Å²) in [4.78, 5) is 31.1. The molecule has 1 saturated carbocycles. The molecule has 1 aliphatic heterocycles. The van der Waals surface area contributed by atoms with Crippen LogP contribution in [0.25, 0.3) is 0 Å². The van der Waals surface area contributed by atoms with E-state index in [0.717, 1.165) is 18.4 Å². The van der Waals surface area contributed by atoms with Gasteiger partial charge >= 0.3 is 0 Å². The topological polar surface area (TPSA) is 93.0 Å². The number of carbonyl (C=O) groups excluding carboxylic acids is 2. The predicted octanol–water partition coefficient (Wildman–Crippen LogP) is 0.444. The Morgan fingerprint density at radius 3 is 2.79 bits per heavy atom. The molecule has 0 bridgehead atoms. The number of amides is 2. The molecular weight excluding hydrogens is 308 g/mol. The van der Waals surface area contributed by atoms with Crippen LogP contribution in [-0.4, -0.2) is 48.8 Å². The molecule has 3 heterocycles. The Bertz CT molecular complexity index is 770. The van der Waals surface area contributed by atoms with Gasteiger partial charge in [0.05, 0.1) is 18.3 Å². The molecule has 0 aromatic carbocycles. The minimum atomic E-state index is -0.287. The van der Waals surface area contributed by atoms with Gasteiger partial charge in [-0.05, 0) is 24.5 Å². The second-order valence-electron chi connectivity index (χ2n) is 6.29. The van der Waals surface area contributed by atoms with E-state index < -0.39 is 0 Å². The van der Waals surface area contributed by atoms with Crippen LogP contribution in [0.1, 0.15) is 41.4 Å². The van der Waals surface area contributed by atoms with Crippen molar-refractivity contribution in [3.05, 3.63) is 42.0 Å². The SMILES string of the molecule is Cn1nncc1C(=O)N[C@@H]1CC(=O)N(C2CC2)[C@H]1c1cccnc1. The van der Waals surface area contributed by atoms with Crippen molar-refractivity contribution in [3.63, 3.8) is 0 Å². The molecule has 24 heavy (non-hydrogen) atoms. The van der Waals surface area contributed by atoms with Gasteiger partial charge in [-0.2, -0.15) is 0 Å². The lowest BCUT2D eigenvalue weighted by Crippen LogP contribution is -2.41. The molecule has 0 radical (unpaired) electrons. The van der Waals surface area contributed by atoms with Gasteiger partial charge in [0, 0.05) is 31.9 Å². The van der Waals surface area contributed by atoms with E-state index in [2.05, 4.69) is 20.6 Å². The Hall–Kier alpha value is -2.77. The average Bonchev–Trinajstić information content (AvgIpc) is 3.24. The first kappa shape index (κ1) is 14.8. The zero-order chi connectivity index (χ0) is 16.7. The minimum Gasteiger partial charge on any atom is -0.345 e. The molecule has 1 aliphatic carbocycles. The third-order valence-corrected chi connectivity index (χ3v) is 4.59. The van der Waals surface area contributed by atoms with Crippen LogP contribution in [0, 0.1) is 0 Å². The van der Waals surface area contributed by atoms with Crippen molar-refractivity contribution in [2.75, 3.05) is 0 Å². The minimum absolute atomic E-state index is 0.0831. The van der Waals surface area contributed by atoms with E-state index in [9.17, 15) is 9.59 Å². The molecule has 2 amide bonds. The highest BCUT2D eigenvalue weighted by Gasteiger charge is 2.47. The van der Waals surface area contributed by atoms with Crippen molar-refractivity contribution in [3.8, 4) is 0 Å². The number of hydrogen-bond donors (Lipinski definition) is 1. The van der Waals surface area contributed by atoms with Gasteiger partial charge in [0.1, 0.15) is 5.69 Å². The highest BCUT2D eigenvalue weighted by atomic mass is 16.2. The van der Waals surface area contributed by atoms with E-state index in [0.29, 0.717) is 12.1 Å². The molecule has 2 aromatic rings. The molecular formula is C16H18N6O2. The normalized spacial score (nSPS) is 23.5. The summed E-state index contributed by atoms with van der Waals surface area (Å²) in [7, 11) is 1.66. The highest BCUT2D eigenvalue weighted by Crippen LogP contribution is 2.41. The molecule has 1 saturated heterocycles. The van der Waals surface area contributed by atoms with Crippen LogP contribution >= 0.6 is 0 Å². The summed E-state index contributed by atoms with van der Waals surface area (Å²) in [5.74, 6) is -0.188. The molecule has 2 aromatic heterocycles. The Morgan fingerprint density at radius 2 is 2.17 bits per heavy atom. The summed E-state index contributed by atoms with van der Waals surface area (Å²) in [5.41, 5.74) is 1.32. The summed E-state index contributed by atoms with van der Waals surface area (Å²) in [6.45, 7) is 0. The fraction of sp³-hybridized carbons (Fsp3) is 0.438. The monoisotopic (exact) mass is 326 g/mol. The van der Waals surface area contributed by atoms with E-state index in [-0.39, 0.29) is 29.9 Å². The maximum Gasteiger partial charge on any atom is 0.271 e. The maximum atomic E-state index is 12.5. The molecule has 8 heteroatoms. The molecule has 2 fully saturated rings. The Labute approximate surface area is 138 Å². The van der Waals surface area contributed by atoms with Crippen LogP contribution in [0.15, 0.2) is 30.7 Å². The van der Waals surface area contributed by atoms with Gasteiger partial charge in [-0.1, -0.05) is 11.3 Å². The Kier molecular flexibility index (Phi) is 3.51. The lowest BCUT2D eigenvalue weighted by atomic mass is 10.0. The summed E-state index contributed by atoms with van der Waals surface area (Å²) < 4.78 is 1.42. The van der Waals surface area contributed by atoms with E-state index in [1.54, 1.807) is 19.4 Å². The van der Waals surface area contributed by atoms with Crippen molar-refractivity contribution in [2.24, 2.45) is 7.05 Å². The summed E-state index contributed by atoms with van der Waals surface area (Å²) in [6.07, 6.45) is 7.24. The van der Waals surface area contributed by atoms with Crippen LogP contribution in [0.4, 0.5) is 0 Å². The lowest BCUT2D eigenvalue weighted by molar-refractivity contribution is -0.129. The molecule has 2 aliphatic rings. The molecule has 1 N–H and O–H groups in total. The number of nitrogens with one attached hydrogen (secondary N) is 1. The predicted molar refractivity (Wildman–Crippen MR) is 83.7 cm³/mol. The van der Waals surface area contributed by atoms with Gasteiger partial charge in [0.2, 0.25) is 5.91 Å². The molecule has 0 unspecified atom stereocenters. The van der Waals surface area contributed by atoms with Crippen molar-refractivity contribution >= 4 is 11.8 Å². The third kappa shape index (κ3) is 2.53. The lowest BCUT2D eigenvalue weighted by Gasteiger charge is -2.28. The first-order valence-electron chi connectivity index (χ1n) is 8.02. The number of hydrogen-bond acceptors (Lipinski definition) is 5. The van der Waals surface area contributed by atoms with Gasteiger partial charge in [-0.3, -0.25) is 14.6 Å². The van der Waals surface area contributed by atoms with Crippen molar-refractivity contribution in [1.29, 1.82) is 0 Å². The number of nitrogens with zero attached hydrogens (tertiary/aromatic N) is 5. The van der Waals surface area contributed by atoms with Gasteiger partial charge < -0.3 is 10.2 Å². The van der Waals surface area contributed by atoms with Crippen LogP contribution in [0.3, 0.4) is 0 Å². The van der Waals surface area contributed by atoms with Crippen molar-refractivity contribution in [1.82, 2.24) is 30.2 Å². The number of likely N-dealkylation sites (tertiary alicyclic amines) is 1. The zero-order valence-corrected chi connectivity index (χ0v) is 13.3. The van der Waals surface area contributed by atoms with Crippen LogP contribution in [-0.2, 0) is 11.8 Å². The number of rotatable bonds is 4. The quantitative estimate of drug-likeness (QED) is 0.880. The summed E-state index contributed by atoms with van der Waals surface area (Å²) in [5, 5.41) is 10.5. The molecule has 124 valence electrons. The van der Waals surface area contributed by atoms with Gasteiger partial charge in [-0.25, -0.2) is 4.68 Å². The smallest absolute Gasteiger partial charge is 0.271 e. The van der Waals surface area contributed by atoms with E-state index in [1.807, 2.05) is 17.0 Å². The average molecular weight is 326 g/mol. The van der Waals surface area contributed by atoms with Gasteiger partial charge in [0.15, 0.2) is 0 Å². The van der Waals surface area contributed by atoms with Gasteiger partial charge in [0.25, 0.3) is 5.91 Å². The van der Waals surface area contributed by atoms with Gasteiger partial charge in [-0.15, -0.1) is 5.10 Å². The Morgan fingerprint density at radius 1 is 1.33 bits per heavy atom. The second-order valence-corrected chi connectivity index (χ2v) is 6.29. The number of aryl methyl sites for hydroxylation is 1. The number of pyridine rings is 1. The second kappa shape index (κ2) is 5.70. The largest absolute Gasteiger partial charge is 0.345 e. The standard InChI is InChI=1S/C16H18N6O2/c1-21-13(9-18-20-21)16(24)19-12-7-14(23)22(11-4-5-11)15(12)10-3-2-6-17-8-10/h2-3,6,8-9,11-12,15H,4-5,7H2,1H3,(H,19,24)/t12-,15+/m1/s1. The fourth-order valence-electron chi connectivity index (χ4n) is 3.35. The van der Waals surface area contributed by atoms with Crippen LogP contribution in [0.2, 0.25) is 0 Å². The van der Waals surface area contributed by atoms with E-state index in [4.69, 9.17) is 0 Å². The fourth-order valence-corrected chi connectivity index (χ4v) is 3.35. The Balaban J connectivity index is 1.62. The molecule has 4 rings (SSSR count). The summed E-state index contributed by atoms with van der Waals surface area (Å²) in [6, 6.07) is 3.63. The number of aromatic nitrogens is 4. The van der Waals surface area contributed by atoms with Crippen molar-refractivity contribution < 1.29 is 9.59 Å². The highest BCUT2D eigenvalue weighted by molar-refractivity contribution is 5.93. The maximum absolute atomic E-state index is 12.5. The van der Waals surface area contributed by atoms with Crippen LogP contribution < -0.4 is 5.32 Å². The number of carbonyl (C=O) groups is 2. The van der Waals surface area contributed by atoms with E-state index >= 15 is 0 Å². The van der Waals surface area contributed by atoms with Crippen LogP contribution in [0.5, 0.6) is 0 Å². The first-order valence-corrected chi connectivity index (χ1v) is 8.02. The zero-order valence-electron chi connectivity index (χ0n) is 13.3. The first-order chi connectivity index (χ1) is 11.6. The molecule has 8 nitrogen and oxygen atoms in total. The molecule has 0 spiro atoms. The molecule has 2 atom stereocenters. The van der Waals surface area contributed by atoms with Crippen molar-refractivity contribution in [2.45, 2.75) is 37.4 Å². The third-order valence-electron chi connectivity index (χ3n) is 4.59. The van der Waals surface area contributed by atoms with E-state index in [1.165, 1.54) is 10.9 Å². The summed E-state index contributed by atoms with van der Waals surface area (Å²) >= 11 is 0.